The van der Waals surface area contributed by atoms with Gasteiger partial charge in [-0.3, -0.25) is 0 Å². The van der Waals surface area contributed by atoms with E-state index in [4.69, 9.17) is 9.84 Å². The molecule has 0 radical (unpaired) electrons. The molecule has 0 aliphatic rings. The van der Waals surface area contributed by atoms with E-state index in [0.717, 1.165) is 12.8 Å². The SMILES string of the molecule is CCCCC/C=C\C=C\C(=O)OCC.CCCCCC=CC=C(CC)C(=O)O. The van der Waals surface area contributed by atoms with E-state index in [2.05, 4.69) is 19.9 Å². The highest BCUT2D eigenvalue weighted by atomic mass is 16.5. The van der Waals surface area contributed by atoms with E-state index in [1.807, 2.05) is 25.2 Å². The molecule has 0 saturated heterocycles. The molecule has 0 saturated carbocycles. The first-order valence-electron chi connectivity index (χ1n) is 10.6. The van der Waals surface area contributed by atoms with Crippen LogP contribution in [0.2, 0.25) is 0 Å². The molecule has 1 N–H and O–H groups in total. The van der Waals surface area contributed by atoms with Crippen LogP contribution in [0.15, 0.2) is 48.1 Å². The predicted octanol–water partition coefficient (Wildman–Crippen LogP) is 6.79. The average molecular weight is 393 g/mol. The number of ether oxygens (including phenoxy) is 1. The lowest BCUT2D eigenvalue weighted by molar-refractivity contribution is -0.137. The smallest absolute Gasteiger partial charge is 0.331 e. The molecular formula is C24H40O4. The monoisotopic (exact) mass is 392 g/mol. The molecule has 0 heterocycles. The highest BCUT2D eigenvalue weighted by Crippen LogP contribution is 2.03. The molecule has 0 aliphatic heterocycles. The minimum absolute atomic E-state index is 0.272. The first kappa shape index (κ1) is 28.1. The van der Waals surface area contributed by atoms with E-state index < -0.39 is 5.97 Å². The second kappa shape index (κ2) is 22.9. The standard InChI is InChI=1S/2C12H20O2/c1-3-5-6-7-8-9-10-11-12(13)14-4-2;1-3-5-6-7-8-9-10-11(4-2)12(13)14/h8-11H,3-7H2,1-2H3;8-10H,3-7H2,1-2H3,(H,13,14)/b9-8-,11-10+;. The van der Waals surface area contributed by atoms with Crippen molar-refractivity contribution in [3.63, 3.8) is 0 Å². The van der Waals surface area contributed by atoms with Crippen molar-refractivity contribution in [1.29, 1.82) is 0 Å². The molecular weight excluding hydrogens is 352 g/mol. The van der Waals surface area contributed by atoms with Crippen molar-refractivity contribution < 1.29 is 19.4 Å². The van der Waals surface area contributed by atoms with Gasteiger partial charge < -0.3 is 9.84 Å². The van der Waals surface area contributed by atoms with Crippen molar-refractivity contribution in [2.24, 2.45) is 0 Å². The number of carboxylic acids is 1. The third-order valence-electron chi connectivity index (χ3n) is 3.80. The Bertz CT molecular complexity index is 497. The molecule has 0 spiro atoms. The summed E-state index contributed by atoms with van der Waals surface area (Å²) in [6.07, 6.45) is 22.8. The Balaban J connectivity index is 0. The molecule has 0 fully saturated rings. The maximum Gasteiger partial charge on any atom is 0.331 e. The number of hydrogen-bond donors (Lipinski definition) is 1. The van der Waals surface area contributed by atoms with Crippen molar-refractivity contribution in [3.05, 3.63) is 48.1 Å². The minimum Gasteiger partial charge on any atom is -0.478 e. The molecule has 0 aromatic heterocycles. The van der Waals surface area contributed by atoms with E-state index in [1.54, 1.807) is 19.1 Å². The van der Waals surface area contributed by atoms with Crippen LogP contribution in [0.25, 0.3) is 0 Å². The molecule has 4 heteroatoms. The zero-order chi connectivity index (χ0) is 21.5. The average Bonchev–Trinajstić information content (AvgIpc) is 2.67. The van der Waals surface area contributed by atoms with E-state index >= 15 is 0 Å². The van der Waals surface area contributed by atoms with Crippen molar-refractivity contribution in [2.45, 2.75) is 85.5 Å². The Morgan fingerprint density at radius 2 is 1.39 bits per heavy atom. The Morgan fingerprint density at radius 1 is 0.821 bits per heavy atom. The van der Waals surface area contributed by atoms with Gasteiger partial charge in [0, 0.05) is 11.6 Å². The van der Waals surface area contributed by atoms with Crippen LogP contribution < -0.4 is 0 Å². The minimum atomic E-state index is -0.814. The van der Waals surface area contributed by atoms with Crippen molar-refractivity contribution >= 4 is 11.9 Å². The Morgan fingerprint density at radius 3 is 1.86 bits per heavy atom. The van der Waals surface area contributed by atoms with Gasteiger partial charge in [0.05, 0.1) is 6.61 Å². The first-order chi connectivity index (χ1) is 13.5. The Labute approximate surface area is 172 Å². The number of unbranched alkanes of at least 4 members (excludes halogenated alkanes) is 6. The van der Waals surface area contributed by atoms with Gasteiger partial charge in [-0.25, -0.2) is 9.59 Å². The quantitative estimate of drug-likeness (QED) is 0.153. The lowest BCUT2D eigenvalue weighted by Crippen LogP contribution is -1.98. The van der Waals surface area contributed by atoms with Crippen LogP contribution in [0.5, 0.6) is 0 Å². The van der Waals surface area contributed by atoms with E-state index in [9.17, 15) is 9.59 Å². The number of hydrogen-bond acceptors (Lipinski definition) is 3. The van der Waals surface area contributed by atoms with Crippen LogP contribution in [0.1, 0.15) is 85.5 Å². The number of carbonyl (C=O) groups is 2. The van der Waals surface area contributed by atoms with Crippen LogP contribution >= 0.6 is 0 Å². The van der Waals surface area contributed by atoms with Gasteiger partial charge >= 0.3 is 11.9 Å². The van der Waals surface area contributed by atoms with Crippen LogP contribution in [0, 0.1) is 0 Å². The number of carbonyl (C=O) groups excluding carboxylic acids is 1. The maximum atomic E-state index is 10.8. The molecule has 0 bridgehead atoms. The largest absolute Gasteiger partial charge is 0.478 e. The number of carboxylic acid groups (broad SMARTS) is 1. The summed E-state index contributed by atoms with van der Waals surface area (Å²) in [4.78, 5) is 21.4. The highest BCUT2D eigenvalue weighted by Gasteiger charge is 2.00. The molecule has 4 nitrogen and oxygen atoms in total. The van der Waals surface area contributed by atoms with Gasteiger partial charge in [0.25, 0.3) is 0 Å². The number of rotatable bonds is 14. The van der Waals surface area contributed by atoms with Crippen molar-refractivity contribution in [1.82, 2.24) is 0 Å². The predicted molar refractivity (Wildman–Crippen MR) is 118 cm³/mol. The number of esters is 1. The van der Waals surface area contributed by atoms with Gasteiger partial charge in [-0.05, 0) is 39.0 Å². The topological polar surface area (TPSA) is 63.6 Å². The van der Waals surface area contributed by atoms with Crippen LogP contribution in [0.4, 0.5) is 0 Å². The second-order valence-corrected chi connectivity index (χ2v) is 6.31. The third kappa shape index (κ3) is 21.9. The molecule has 0 rings (SSSR count). The van der Waals surface area contributed by atoms with E-state index in [-0.39, 0.29) is 5.97 Å². The number of allylic oxidation sites excluding steroid dienone is 6. The highest BCUT2D eigenvalue weighted by molar-refractivity contribution is 5.86. The summed E-state index contributed by atoms with van der Waals surface area (Å²) in [7, 11) is 0. The normalized spacial score (nSPS) is 11.8. The van der Waals surface area contributed by atoms with Crippen LogP contribution in [-0.4, -0.2) is 23.7 Å². The molecule has 0 atom stereocenters. The summed E-state index contributed by atoms with van der Waals surface area (Å²) >= 11 is 0. The zero-order valence-corrected chi connectivity index (χ0v) is 18.3. The molecule has 160 valence electrons. The summed E-state index contributed by atoms with van der Waals surface area (Å²) in [5.41, 5.74) is 0.469. The van der Waals surface area contributed by atoms with E-state index in [0.29, 0.717) is 18.6 Å². The fourth-order valence-corrected chi connectivity index (χ4v) is 2.14. The zero-order valence-electron chi connectivity index (χ0n) is 18.3. The summed E-state index contributed by atoms with van der Waals surface area (Å²) < 4.78 is 4.73. The van der Waals surface area contributed by atoms with Gasteiger partial charge in [0.2, 0.25) is 0 Å². The van der Waals surface area contributed by atoms with Gasteiger partial charge in [0.1, 0.15) is 0 Å². The van der Waals surface area contributed by atoms with Gasteiger partial charge in [-0.1, -0.05) is 82.9 Å². The van der Waals surface area contributed by atoms with Crippen molar-refractivity contribution in [3.8, 4) is 0 Å². The maximum absolute atomic E-state index is 10.8. The molecule has 0 aliphatic carbocycles. The lowest BCUT2D eigenvalue weighted by Gasteiger charge is -1.94. The fraction of sp³-hybridized carbons (Fsp3) is 0.583. The fourth-order valence-electron chi connectivity index (χ4n) is 2.14. The van der Waals surface area contributed by atoms with Crippen LogP contribution in [0.3, 0.4) is 0 Å². The first-order valence-corrected chi connectivity index (χ1v) is 10.6. The molecule has 0 aromatic carbocycles. The van der Waals surface area contributed by atoms with Crippen molar-refractivity contribution in [2.75, 3.05) is 6.61 Å². The summed E-state index contributed by atoms with van der Waals surface area (Å²) in [6, 6.07) is 0. The molecule has 0 amide bonds. The van der Waals surface area contributed by atoms with Crippen LogP contribution in [-0.2, 0) is 14.3 Å². The summed E-state index contributed by atoms with van der Waals surface area (Å²) in [5, 5.41) is 8.71. The second-order valence-electron chi connectivity index (χ2n) is 6.31. The van der Waals surface area contributed by atoms with Gasteiger partial charge in [-0.15, -0.1) is 0 Å². The molecule has 0 aromatic rings. The summed E-state index contributed by atoms with van der Waals surface area (Å²) in [6.45, 7) is 8.44. The third-order valence-corrected chi connectivity index (χ3v) is 3.80. The van der Waals surface area contributed by atoms with E-state index in [1.165, 1.54) is 44.6 Å². The van der Waals surface area contributed by atoms with Gasteiger partial charge in [-0.2, -0.15) is 0 Å². The lowest BCUT2D eigenvalue weighted by atomic mass is 10.1. The summed E-state index contributed by atoms with van der Waals surface area (Å²) in [5.74, 6) is -1.09. The molecule has 0 unspecified atom stereocenters. The number of aliphatic carboxylic acids is 1. The molecule has 28 heavy (non-hydrogen) atoms. The Hall–Kier alpha value is -2.10. The Kier molecular flexibility index (Phi) is 23.0. The van der Waals surface area contributed by atoms with Gasteiger partial charge in [0.15, 0.2) is 0 Å².